The molecule has 2 aliphatic rings. The third-order valence-electron chi connectivity index (χ3n) is 6.17. The van der Waals surface area contributed by atoms with E-state index in [1.165, 1.54) is 26.2 Å². The van der Waals surface area contributed by atoms with Crippen LogP contribution >= 0.6 is 0 Å². The van der Waals surface area contributed by atoms with Crippen LogP contribution in [0.15, 0.2) is 72.8 Å². The molecule has 0 saturated carbocycles. The summed E-state index contributed by atoms with van der Waals surface area (Å²) < 4.78 is 16.5. The van der Waals surface area contributed by atoms with Crippen LogP contribution in [0.5, 0.6) is 17.2 Å². The van der Waals surface area contributed by atoms with E-state index in [1.807, 2.05) is 36.4 Å². The number of para-hydroxylation sites is 2. The van der Waals surface area contributed by atoms with Gasteiger partial charge in [0.05, 0.1) is 38.7 Å². The molecular weight excluding hydrogens is 436 g/mol. The van der Waals surface area contributed by atoms with Crippen molar-refractivity contribution in [3.8, 4) is 17.2 Å². The quantitative estimate of drug-likeness (QED) is 0.519. The lowest BCUT2D eigenvalue weighted by atomic mass is 9.90. The van der Waals surface area contributed by atoms with Crippen molar-refractivity contribution < 1.29 is 28.6 Å². The number of methoxy groups -OCH3 is 3. The Labute approximate surface area is 197 Å². The summed E-state index contributed by atoms with van der Waals surface area (Å²) >= 11 is 0. The summed E-state index contributed by atoms with van der Waals surface area (Å²) in [5.74, 6) is -0.142. The van der Waals surface area contributed by atoms with Gasteiger partial charge in [0, 0.05) is 0 Å². The SMILES string of the molecule is COc1cc([C@H]2[C@@H]3C(=O)N(c4ccccc4)C(=O)[C@H]3ON2c2ccccc2)cc(OC)c1OC. The molecule has 0 radical (unpaired) electrons. The molecule has 3 aromatic rings. The lowest BCUT2D eigenvalue weighted by Gasteiger charge is -2.29. The number of hydroxylamine groups is 1. The van der Waals surface area contributed by atoms with Gasteiger partial charge in [-0.25, -0.2) is 9.96 Å². The average molecular weight is 460 g/mol. The molecule has 2 fully saturated rings. The Hall–Kier alpha value is -4.04. The van der Waals surface area contributed by atoms with Crippen LogP contribution in [-0.2, 0) is 14.4 Å². The average Bonchev–Trinajstić information content (AvgIpc) is 3.39. The monoisotopic (exact) mass is 460 g/mol. The second-order valence-electron chi connectivity index (χ2n) is 7.96. The number of amides is 2. The number of imide groups is 1. The van der Waals surface area contributed by atoms with Crippen LogP contribution < -0.4 is 24.2 Å². The number of rotatable bonds is 6. The van der Waals surface area contributed by atoms with Gasteiger partial charge < -0.3 is 14.2 Å². The number of ether oxygens (including phenoxy) is 3. The number of carbonyl (C=O) groups excluding carboxylic acids is 2. The fourth-order valence-corrected chi connectivity index (χ4v) is 4.66. The second kappa shape index (κ2) is 8.72. The van der Waals surface area contributed by atoms with Gasteiger partial charge >= 0.3 is 0 Å². The highest BCUT2D eigenvalue weighted by atomic mass is 16.7. The summed E-state index contributed by atoms with van der Waals surface area (Å²) in [4.78, 5) is 34.5. The minimum absolute atomic E-state index is 0.321. The number of hydrogen-bond donors (Lipinski definition) is 0. The maximum absolute atomic E-state index is 13.7. The van der Waals surface area contributed by atoms with Crippen LogP contribution in [0, 0.1) is 5.92 Å². The maximum atomic E-state index is 13.7. The van der Waals surface area contributed by atoms with Gasteiger partial charge in [-0.2, -0.15) is 0 Å². The van der Waals surface area contributed by atoms with Crippen molar-refractivity contribution in [3.05, 3.63) is 78.4 Å². The zero-order chi connectivity index (χ0) is 23.8. The molecule has 8 heteroatoms. The first-order valence-corrected chi connectivity index (χ1v) is 10.8. The highest BCUT2D eigenvalue weighted by Gasteiger charge is 2.60. The van der Waals surface area contributed by atoms with Gasteiger partial charge in [-0.1, -0.05) is 36.4 Å². The van der Waals surface area contributed by atoms with Crippen LogP contribution in [-0.4, -0.2) is 39.2 Å². The van der Waals surface area contributed by atoms with Gasteiger partial charge in [0.15, 0.2) is 17.6 Å². The Kier molecular flexibility index (Phi) is 5.59. The van der Waals surface area contributed by atoms with Gasteiger partial charge in [-0.15, -0.1) is 0 Å². The Bertz CT molecular complexity index is 1190. The van der Waals surface area contributed by atoms with E-state index in [1.54, 1.807) is 41.5 Å². The van der Waals surface area contributed by atoms with Crippen molar-refractivity contribution in [2.75, 3.05) is 31.3 Å². The van der Waals surface area contributed by atoms with E-state index in [4.69, 9.17) is 19.0 Å². The lowest BCUT2D eigenvalue weighted by molar-refractivity contribution is -0.126. The molecule has 2 heterocycles. The molecule has 2 aliphatic heterocycles. The smallest absolute Gasteiger partial charge is 0.266 e. The van der Waals surface area contributed by atoms with Crippen LogP contribution in [0.4, 0.5) is 11.4 Å². The molecule has 0 aliphatic carbocycles. The predicted octanol–water partition coefficient (Wildman–Crippen LogP) is 3.76. The van der Waals surface area contributed by atoms with Gasteiger partial charge in [-0.3, -0.25) is 14.4 Å². The molecule has 0 spiro atoms. The molecule has 3 aromatic carbocycles. The van der Waals surface area contributed by atoms with Crippen molar-refractivity contribution in [2.45, 2.75) is 12.1 Å². The van der Waals surface area contributed by atoms with E-state index in [9.17, 15) is 9.59 Å². The molecule has 3 atom stereocenters. The molecule has 5 rings (SSSR count). The Morgan fingerprint density at radius 3 is 1.82 bits per heavy atom. The topological polar surface area (TPSA) is 77.5 Å². The predicted molar refractivity (Wildman–Crippen MR) is 125 cm³/mol. The summed E-state index contributed by atoms with van der Waals surface area (Å²) in [6, 6.07) is 21.2. The third kappa shape index (κ3) is 3.34. The molecule has 8 nitrogen and oxygen atoms in total. The van der Waals surface area contributed by atoms with Crippen molar-refractivity contribution in [3.63, 3.8) is 0 Å². The van der Waals surface area contributed by atoms with Crippen molar-refractivity contribution in [2.24, 2.45) is 5.92 Å². The normalized spacial score (nSPS) is 21.6. The minimum atomic E-state index is -0.961. The van der Waals surface area contributed by atoms with Gasteiger partial charge in [0.1, 0.15) is 5.92 Å². The fourth-order valence-electron chi connectivity index (χ4n) is 4.66. The van der Waals surface area contributed by atoms with Gasteiger partial charge in [0.2, 0.25) is 11.7 Å². The summed E-state index contributed by atoms with van der Waals surface area (Å²) in [5, 5.41) is 1.63. The van der Waals surface area contributed by atoms with Gasteiger partial charge in [-0.05, 0) is 42.0 Å². The largest absolute Gasteiger partial charge is 0.493 e. The van der Waals surface area contributed by atoms with E-state index >= 15 is 0 Å². The molecule has 2 saturated heterocycles. The molecular formula is C26H24N2O6. The summed E-state index contributed by atoms with van der Waals surface area (Å²) in [6.45, 7) is 0. The number of benzene rings is 3. The first kappa shape index (κ1) is 21.8. The van der Waals surface area contributed by atoms with Crippen LogP contribution in [0.2, 0.25) is 0 Å². The third-order valence-corrected chi connectivity index (χ3v) is 6.17. The van der Waals surface area contributed by atoms with Crippen LogP contribution in [0.1, 0.15) is 11.6 Å². The Balaban J connectivity index is 1.65. The Morgan fingerprint density at radius 1 is 0.735 bits per heavy atom. The first-order valence-electron chi connectivity index (χ1n) is 10.8. The summed E-state index contributed by atoms with van der Waals surface area (Å²) in [7, 11) is 4.60. The standard InChI is InChI=1S/C26H24N2O6/c1-31-19-14-16(15-20(32-2)23(19)33-3)22-21-24(34-28(22)18-12-8-5-9-13-18)26(30)27(25(21)29)17-10-6-4-7-11-17/h4-15,21-22,24H,1-3H3/t21-,22-,24-/m0/s1. The van der Waals surface area contributed by atoms with Gasteiger partial charge in [0.25, 0.3) is 5.91 Å². The molecule has 2 amide bonds. The van der Waals surface area contributed by atoms with Crippen LogP contribution in [0.25, 0.3) is 0 Å². The zero-order valence-corrected chi connectivity index (χ0v) is 19.0. The summed E-state index contributed by atoms with van der Waals surface area (Å²) in [6.07, 6.45) is -0.961. The maximum Gasteiger partial charge on any atom is 0.266 e. The lowest BCUT2D eigenvalue weighted by Crippen LogP contribution is -2.37. The highest BCUT2D eigenvalue weighted by molar-refractivity contribution is 6.23. The first-order chi connectivity index (χ1) is 16.6. The number of fused-ring (bicyclic) bond motifs is 1. The molecule has 0 bridgehead atoms. The van der Waals surface area contributed by atoms with E-state index in [0.29, 0.717) is 28.5 Å². The molecule has 0 N–H and O–H groups in total. The van der Waals surface area contributed by atoms with Crippen molar-refractivity contribution in [1.29, 1.82) is 0 Å². The second-order valence-corrected chi connectivity index (χ2v) is 7.96. The zero-order valence-electron chi connectivity index (χ0n) is 19.0. The number of carbonyl (C=O) groups is 2. The number of nitrogens with zero attached hydrogens (tertiary/aromatic N) is 2. The fraction of sp³-hybridized carbons (Fsp3) is 0.231. The van der Waals surface area contributed by atoms with Crippen LogP contribution in [0.3, 0.4) is 0 Å². The minimum Gasteiger partial charge on any atom is -0.493 e. The van der Waals surface area contributed by atoms with E-state index in [0.717, 1.165) is 5.69 Å². The van der Waals surface area contributed by atoms with E-state index in [-0.39, 0.29) is 5.91 Å². The Morgan fingerprint density at radius 2 is 1.29 bits per heavy atom. The number of hydrogen-bond acceptors (Lipinski definition) is 7. The van der Waals surface area contributed by atoms with E-state index in [2.05, 4.69) is 0 Å². The van der Waals surface area contributed by atoms with E-state index < -0.39 is 24.0 Å². The van der Waals surface area contributed by atoms with Crippen molar-refractivity contribution in [1.82, 2.24) is 0 Å². The van der Waals surface area contributed by atoms with Crippen molar-refractivity contribution >= 4 is 23.2 Å². The molecule has 174 valence electrons. The molecule has 0 unspecified atom stereocenters. The highest BCUT2D eigenvalue weighted by Crippen LogP contribution is 2.50. The molecule has 0 aromatic heterocycles. The molecule has 34 heavy (non-hydrogen) atoms. The summed E-state index contributed by atoms with van der Waals surface area (Å²) in [5.41, 5.74) is 1.94. The number of anilines is 2.